The molecule has 3 N–H and O–H groups in total. The standard InChI is InChI=1S/C22H33N5O/c1-16-17(18-9-5-6-10-19(18)26-16)11-14-24-21(23-2)25-15-22(12-7-8-13-22)20(28)27(3)4/h5-6,9-10,26H,7-8,11-15H2,1-4H3,(H2,23,24,25). The third-order valence-corrected chi connectivity index (χ3v) is 5.93. The Morgan fingerprint density at radius 1 is 1.21 bits per heavy atom. The van der Waals surface area contributed by atoms with E-state index in [1.54, 1.807) is 11.9 Å². The number of aliphatic imine (C=N–C) groups is 1. The van der Waals surface area contributed by atoms with Crippen LogP contribution in [-0.2, 0) is 11.2 Å². The molecular weight excluding hydrogens is 350 g/mol. The van der Waals surface area contributed by atoms with Crippen molar-refractivity contribution in [1.82, 2.24) is 20.5 Å². The van der Waals surface area contributed by atoms with Gasteiger partial charge in [0.05, 0.1) is 5.41 Å². The minimum Gasteiger partial charge on any atom is -0.358 e. The third kappa shape index (κ3) is 4.16. The molecule has 1 aromatic heterocycles. The topological polar surface area (TPSA) is 72.5 Å². The third-order valence-electron chi connectivity index (χ3n) is 5.93. The van der Waals surface area contributed by atoms with Gasteiger partial charge in [0.15, 0.2) is 5.96 Å². The summed E-state index contributed by atoms with van der Waals surface area (Å²) in [7, 11) is 5.47. The maximum absolute atomic E-state index is 12.7. The summed E-state index contributed by atoms with van der Waals surface area (Å²) in [5, 5.41) is 8.10. The number of para-hydroxylation sites is 1. The van der Waals surface area contributed by atoms with E-state index in [2.05, 4.69) is 51.8 Å². The molecule has 0 unspecified atom stereocenters. The Balaban J connectivity index is 1.57. The Kier molecular flexibility index (Phi) is 6.27. The smallest absolute Gasteiger partial charge is 0.230 e. The first kappa shape index (κ1) is 20.2. The first-order valence-corrected chi connectivity index (χ1v) is 10.2. The molecule has 1 aliphatic carbocycles. The van der Waals surface area contributed by atoms with E-state index in [1.807, 2.05) is 14.1 Å². The molecule has 6 nitrogen and oxygen atoms in total. The Morgan fingerprint density at radius 2 is 1.93 bits per heavy atom. The van der Waals surface area contributed by atoms with E-state index in [0.717, 1.165) is 44.6 Å². The summed E-state index contributed by atoms with van der Waals surface area (Å²) in [4.78, 5) is 22.2. The summed E-state index contributed by atoms with van der Waals surface area (Å²) in [6.07, 6.45) is 5.05. The molecule has 6 heteroatoms. The van der Waals surface area contributed by atoms with Gasteiger partial charge in [-0.2, -0.15) is 0 Å². The van der Waals surface area contributed by atoms with E-state index in [-0.39, 0.29) is 11.3 Å². The molecule has 0 aliphatic heterocycles. The Morgan fingerprint density at radius 3 is 2.61 bits per heavy atom. The average Bonchev–Trinajstić information content (AvgIpc) is 3.29. The van der Waals surface area contributed by atoms with Gasteiger partial charge in [-0.05, 0) is 37.8 Å². The first-order valence-electron chi connectivity index (χ1n) is 10.2. The predicted molar refractivity (Wildman–Crippen MR) is 116 cm³/mol. The van der Waals surface area contributed by atoms with Crippen LogP contribution in [0.4, 0.5) is 0 Å². The van der Waals surface area contributed by atoms with E-state index in [0.29, 0.717) is 6.54 Å². The number of aromatic amines is 1. The number of carbonyl (C=O) groups is 1. The van der Waals surface area contributed by atoms with Gasteiger partial charge in [-0.25, -0.2) is 0 Å². The molecule has 1 saturated carbocycles. The number of hydrogen-bond acceptors (Lipinski definition) is 2. The molecular formula is C22H33N5O. The van der Waals surface area contributed by atoms with Gasteiger partial charge in [0, 0.05) is 50.8 Å². The van der Waals surface area contributed by atoms with Crippen molar-refractivity contribution in [2.45, 2.75) is 39.0 Å². The van der Waals surface area contributed by atoms with Crippen LogP contribution in [0.15, 0.2) is 29.3 Å². The fourth-order valence-corrected chi connectivity index (χ4v) is 4.43. The van der Waals surface area contributed by atoms with Gasteiger partial charge in [0.1, 0.15) is 0 Å². The first-order chi connectivity index (χ1) is 13.5. The summed E-state index contributed by atoms with van der Waals surface area (Å²) < 4.78 is 0. The van der Waals surface area contributed by atoms with E-state index in [9.17, 15) is 4.79 Å². The molecule has 0 bridgehead atoms. The van der Waals surface area contributed by atoms with Gasteiger partial charge in [-0.3, -0.25) is 9.79 Å². The van der Waals surface area contributed by atoms with Gasteiger partial charge >= 0.3 is 0 Å². The normalized spacial score (nSPS) is 16.4. The molecule has 152 valence electrons. The summed E-state index contributed by atoms with van der Waals surface area (Å²) in [6.45, 7) is 3.55. The zero-order valence-corrected chi connectivity index (χ0v) is 17.6. The highest BCUT2D eigenvalue weighted by atomic mass is 16.2. The van der Waals surface area contributed by atoms with Gasteiger partial charge in [-0.1, -0.05) is 31.0 Å². The van der Waals surface area contributed by atoms with Gasteiger partial charge in [0.2, 0.25) is 5.91 Å². The van der Waals surface area contributed by atoms with E-state index in [4.69, 9.17) is 0 Å². The highest BCUT2D eigenvalue weighted by Gasteiger charge is 2.42. The van der Waals surface area contributed by atoms with Crippen molar-refractivity contribution < 1.29 is 4.79 Å². The number of aryl methyl sites for hydroxylation is 1. The lowest BCUT2D eigenvalue weighted by Crippen LogP contribution is -2.49. The van der Waals surface area contributed by atoms with Gasteiger partial charge in [0.25, 0.3) is 0 Å². The lowest BCUT2D eigenvalue weighted by atomic mass is 9.84. The van der Waals surface area contributed by atoms with Gasteiger partial charge in [-0.15, -0.1) is 0 Å². The van der Waals surface area contributed by atoms with E-state index in [1.165, 1.54) is 22.2 Å². The molecule has 28 heavy (non-hydrogen) atoms. The molecule has 1 aliphatic rings. The van der Waals surface area contributed by atoms with Crippen LogP contribution in [0.25, 0.3) is 10.9 Å². The number of fused-ring (bicyclic) bond motifs is 1. The molecule has 1 aromatic carbocycles. The number of hydrogen-bond donors (Lipinski definition) is 3. The van der Waals surface area contributed by atoms with Crippen LogP contribution in [0.5, 0.6) is 0 Å². The quantitative estimate of drug-likeness (QED) is 0.531. The fraction of sp³-hybridized carbons (Fsp3) is 0.545. The zero-order chi connectivity index (χ0) is 20.1. The Hall–Kier alpha value is -2.50. The van der Waals surface area contributed by atoms with Crippen molar-refractivity contribution in [1.29, 1.82) is 0 Å². The Bertz CT molecular complexity index is 846. The molecule has 0 atom stereocenters. The number of guanidine groups is 1. The molecule has 2 aromatic rings. The lowest BCUT2D eigenvalue weighted by Gasteiger charge is -2.31. The second-order valence-electron chi connectivity index (χ2n) is 8.06. The number of aromatic nitrogens is 1. The van der Waals surface area contributed by atoms with Crippen molar-refractivity contribution >= 4 is 22.8 Å². The lowest BCUT2D eigenvalue weighted by molar-refractivity contribution is -0.138. The molecule has 1 amide bonds. The summed E-state index contributed by atoms with van der Waals surface area (Å²) in [6, 6.07) is 8.41. The minimum atomic E-state index is -0.297. The second-order valence-corrected chi connectivity index (χ2v) is 8.06. The molecule has 0 radical (unpaired) electrons. The average molecular weight is 384 g/mol. The maximum Gasteiger partial charge on any atom is 0.230 e. The Labute approximate surface area is 167 Å². The van der Waals surface area contributed by atoms with E-state index < -0.39 is 0 Å². The van der Waals surface area contributed by atoms with Gasteiger partial charge < -0.3 is 20.5 Å². The van der Waals surface area contributed by atoms with Crippen LogP contribution < -0.4 is 10.6 Å². The van der Waals surface area contributed by atoms with Crippen LogP contribution in [0.3, 0.4) is 0 Å². The highest BCUT2D eigenvalue weighted by molar-refractivity contribution is 5.86. The largest absolute Gasteiger partial charge is 0.358 e. The highest BCUT2D eigenvalue weighted by Crippen LogP contribution is 2.38. The van der Waals surface area contributed by atoms with Crippen molar-refractivity contribution in [2.75, 3.05) is 34.2 Å². The summed E-state index contributed by atoms with van der Waals surface area (Å²) >= 11 is 0. The van der Waals surface area contributed by atoms with Crippen molar-refractivity contribution in [2.24, 2.45) is 10.4 Å². The summed E-state index contributed by atoms with van der Waals surface area (Å²) in [5.41, 5.74) is 3.44. The van der Waals surface area contributed by atoms with Crippen molar-refractivity contribution in [3.63, 3.8) is 0 Å². The number of amides is 1. The number of nitrogens with zero attached hydrogens (tertiary/aromatic N) is 2. The molecule has 1 fully saturated rings. The summed E-state index contributed by atoms with van der Waals surface area (Å²) in [5.74, 6) is 0.984. The number of rotatable bonds is 6. The predicted octanol–water partition coefficient (Wildman–Crippen LogP) is 2.83. The maximum atomic E-state index is 12.7. The molecule has 3 rings (SSSR count). The van der Waals surface area contributed by atoms with Crippen molar-refractivity contribution in [3.8, 4) is 0 Å². The fourth-order valence-electron chi connectivity index (χ4n) is 4.43. The molecule has 0 spiro atoms. The van der Waals surface area contributed by atoms with Crippen molar-refractivity contribution in [3.05, 3.63) is 35.5 Å². The number of H-pyrrole nitrogens is 1. The monoisotopic (exact) mass is 383 g/mol. The number of nitrogens with one attached hydrogen (secondary N) is 3. The van der Waals surface area contributed by atoms with Crippen LogP contribution in [0, 0.1) is 12.3 Å². The van der Waals surface area contributed by atoms with Crippen LogP contribution in [0.2, 0.25) is 0 Å². The van der Waals surface area contributed by atoms with E-state index >= 15 is 0 Å². The number of carbonyl (C=O) groups excluding carboxylic acids is 1. The second kappa shape index (κ2) is 8.67. The van der Waals surface area contributed by atoms with Crippen LogP contribution in [-0.4, -0.2) is 56.0 Å². The number of benzene rings is 1. The minimum absolute atomic E-state index is 0.224. The SMILES string of the molecule is CN=C(NCCc1c(C)[nH]c2ccccc12)NCC1(C(=O)N(C)C)CCCC1. The molecule has 0 saturated heterocycles. The van der Waals surface area contributed by atoms with Crippen LogP contribution in [0.1, 0.15) is 36.9 Å². The zero-order valence-electron chi connectivity index (χ0n) is 17.6. The molecule has 1 heterocycles. The van der Waals surface area contributed by atoms with Crippen LogP contribution >= 0.6 is 0 Å².